The van der Waals surface area contributed by atoms with Gasteiger partial charge in [0.2, 0.25) is 0 Å². The van der Waals surface area contributed by atoms with E-state index < -0.39 is 0 Å². The SMILES string of the molecule is Cn1c2cccc3c2c2c1ccc1c4c5ccccc5n(-c5ccccc5)c4n(c12)c1c3c2ccccc2n1-c1ccccc1. The lowest BCUT2D eigenvalue weighted by molar-refractivity contribution is 1.01. The molecule has 0 amide bonds. The van der Waals surface area contributed by atoms with Gasteiger partial charge in [-0.2, -0.15) is 0 Å². The molecule has 0 atom stereocenters. The Bertz CT molecular complexity index is 2970. The quantitative estimate of drug-likeness (QED) is 0.196. The number of fused-ring (bicyclic) bond motifs is 10. The van der Waals surface area contributed by atoms with E-state index in [2.05, 4.69) is 165 Å². The zero-order chi connectivity index (χ0) is 29.4. The maximum Gasteiger partial charge on any atom is 0.132 e. The average molecular weight is 575 g/mol. The summed E-state index contributed by atoms with van der Waals surface area (Å²) in [6.45, 7) is 0. The number of nitrogens with zero attached hydrogens (tertiary/aromatic N) is 4. The first-order chi connectivity index (χ1) is 22.3. The van der Waals surface area contributed by atoms with Crippen LogP contribution in [0.1, 0.15) is 0 Å². The van der Waals surface area contributed by atoms with E-state index in [1.165, 1.54) is 82.0 Å². The minimum absolute atomic E-state index is 1.15. The van der Waals surface area contributed by atoms with E-state index in [1.807, 2.05) is 0 Å². The van der Waals surface area contributed by atoms with Crippen molar-refractivity contribution in [2.45, 2.75) is 0 Å². The first-order valence-corrected chi connectivity index (χ1v) is 15.5. The summed E-state index contributed by atoms with van der Waals surface area (Å²) < 4.78 is 9.94. The van der Waals surface area contributed by atoms with Crippen molar-refractivity contribution in [2.75, 3.05) is 0 Å². The molecule has 0 saturated carbocycles. The number of aryl methyl sites for hydroxylation is 1. The lowest BCUT2D eigenvalue weighted by atomic mass is 10.0. The van der Waals surface area contributed by atoms with Crippen molar-refractivity contribution in [3.05, 3.63) is 140 Å². The number of aromatic nitrogens is 4. The van der Waals surface area contributed by atoms with Gasteiger partial charge in [-0.05, 0) is 60.0 Å². The van der Waals surface area contributed by atoms with Gasteiger partial charge in [0.05, 0.1) is 22.1 Å². The van der Waals surface area contributed by atoms with Crippen LogP contribution < -0.4 is 0 Å². The van der Waals surface area contributed by atoms with Gasteiger partial charge in [0.25, 0.3) is 0 Å². The molecule has 0 aliphatic heterocycles. The number of rotatable bonds is 2. The summed E-state index contributed by atoms with van der Waals surface area (Å²) in [5.74, 6) is 0. The summed E-state index contributed by atoms with van der Waals surface area (Å²) >= 11 is 0. The Morgan fingerprint density at radius 1 is 0.356 bits per heavy atom. The first-order valence-electron chi connectivity index (χ1n) is 15.5. The molecule has 4 heteroatoms. The number of para-hydroxylation sites is 4. The van der Waals surface area contributed by atoms with Crippen molar-refractivity contribution in [1.82, 2.24) is 18.1 Å². The fourth-order valence-corrected chi connectivity index (χ4v) is 8.36. The Kier molecular flexibility index (Phi) is 4.24. The highest BCUT2D eigenvalue weighted by molar-refractivity contribution is 6.37. The lowest BCUT2D eigenvalue weighted by Crippen LogP contribution is -2.01. The molecule has 0 aliphatic rings. The highest BCUT2D eigenvalue weighted by Gasteiger charge is 2.28. The van der Waals surface area contributed by atoms with Gasteiger partial charge >= 0.3 is 0 Å². The van der Waals surface area contributed by atoms with E-state index >= 15 is 0 Å². The highest BCUT2D eigenvalue weighted by atomic mass is 15.2. The molecule has 4 nitrogen and oxygen atoms in total. The van der Waals surface area contributed by atoms with Crippen LogP contribution in [0.5, 0.6) is 0 Å². The molecule has 45 heavy (non-hydrogen) atoms. The average Bonchev–Trinajstić information content (AvgIpc) is 3.78. The Morgan fingerprint density at radius 3 is 1.47 bits per heavy atom. The molecule has 210 valence electrons. The fourth-order valence-electron chi connectivity index (χ4n) is 8.36. The Hall–Kier alpha value is -6.00. The molecule has 0 fully saturated rings. The molecule has 6 aromatic carbocycles. The van der Waals surface area contributed by atoms with E-state index in [4.69, 9.17) is 0 Å². The van der Waals surface area contributed by atoms with Gasteiger partial charge < -0.3 is 4.57 Å². The summed E-state index contributed by atoms with van der Waals surface area (Å²) in [5, 5.41) is 10.3. The third-order valence-electron chi connectivity index (χ3n) is 10.1. The molecular weight excluding hydrogens is 548 g/mol. The maximum atomic E-state index is 2.60. The molecule has 0 unspecified atom stereocenters. The van der Waals surface area contributed by atoms with E-state index in [1.54, 1.807) is 0 Å². The Morgan fingerprint density at radius 2 is 0.844 bits per heavy atom. The molecule has 5 heterocycles. The topological polar surface area (TPSA) is 19.2 Å². The Balaban J connectivity index is 1.60. The van der Waals surface area contributed by atoms with Crippen LogP contribution in [0.2, 0.25) is 0 Å². The van der Waals surface area contributed by atoms with E-state index in [9.17, 15) is 0 Å². The molecular formula is C41H26N4. The standard InChI is InChI=1S/C41H26N4/c1-42-33-22-12-19-29-35-27-17-8-10-20-31(27)43(25-13-4-2-5-14-25)40(35)45-39-30(23-24-34(42)38(39)37(29)33)36-28-18-9-11-21-32(28)44(41(36)45)26-15-6-3-7-16-26/h2-24H,1H3. The van der Waals surface area contributed by atoms with E-state index in [-0.39, 0.29) is 0 Å². The van der Waals surface area contributed by atoms with Crippen LogP contribution in [0, 0.1) is 0 Å². The van der Waals surface area contributed by atoms with Crippen molar-refractivity contribution < 1.29 is 0 Å². The van der Waals surface area contributed by atoms with Gasteiger partial charge in [-0.25, -0.2) is 0 Å². The number of hydrogen-bond donors (Lipinski definition) is 0. The lowest BCUT2D eigenvalue weighted by Gasteiger charge is -2.12. The first kappa shape index (κ1) is 23.5. The number of benzene rings is 6. The molecule has 11 aromatic rings. The molecule has 0 radical (unpaired) electrons. The van der Waals surface area contributed by atoms with Crippen LogP contribution in [-0.2, 0) is 7.05 Å². The summed E-state index contributed by atoms with van der Waals surface area (Å²) in [4.78, 5) is 0. The third kappa shape index (κ3) is 2.70. The largest absolute Gasteiger partial charge is 0.344 e. The second-order valence-electron chi connectivity index (χ2n) is 12.2. The summed E-state index contributed by atoms with van der Waals surface area (Å²) in [5.41, 5.74) is 10.9. The minimum Gasteiger partial charge on any atom is -0.344 e. The van der Waals surface area contributed by atoms with Gasteiger partial charge in [-0.1, -0.05) is 84.9 Å². The van der Waals surface area contributed by atoms with Gasteiger partial charge in [-0.3, -0.25) is 13.5 Å². The van der Waals surface area contributed by atoms with Gasteiger partial charge in [0.1, 0.15) is 11.3 Å². The van der Waals surface area contributed by atoms with Crippen molar-refractivity contribution >= 4 is 82.0 Å². The summed E-state index contributed by atoms with van der Waals surface area (Å²) in [6, 6.07) is 51.0. The van der Waals surface area contributed by atoms with Crippen LogP contribution in [0.3, 0.4) is 0 Å². The Labute approximate surface area is 257 Å². The molecule has 0 bridgehead atoms. The van der Waals surface area contributed by atoms with Crippen LogP contribution in [-0.4, -0.2) is 18.1 Å². The molecule has 0 spiro atoms. The van der Waals surface area contributed by atoms with Crippen LogP contribution in [0.4, 0.5) is 0 Å². The minimum atomic E-state index is 1.15. The monoisotopic (exact) mass is 574 g/mol. The van der Waals surface area contributed by atoms with Crippen molar-refractivity contribution in [2.24, 2.45) is 7.05 Å². The third-order valence-corrected chi connectivity index (χ3v) is 10.1. The molecule has 11 rings (SSSR count). The zero-order valence-electron chi connectivity index (χ0n) is 24.6. The highest BCUT2D eigenvalue weighted by Crippen LogP contribution is 2.48. The van der Waals surface area contributed by atoms with Crippen LogP contribution in [0.15, 0.2) is 140 Å². The van der Waals surface area contributed by atoms with Crippen molar-refractivity contribution in [3.63, 3.8) is 0 Å². The molecule has 0 N–H and O–H groups in total. The number of hydrogen-bond acceptors (Lipinski definition) is 0. The smallest absolute Gasteiger partial charge is 0.132 e. The summed E-state index contributed by atoms with van der Waals surface area (Å²) in [6.07, 6.45) is 0. The van der Waals surface area contributed by atoms with Crippen LogP contribution in [0.25, 0.3) is 93.3 Å². The predicted octanol–water partition coefficient (Wildman–Crippen LogP) is 10.4. The van der Waals surface area contributed by atoms with Gasteiger partial charge in [0.15, 0.2) is 0 Å². The van der Waals surface area contributed by atoms with E-state index in [0.29, 0.717) is 0 Å². The van der Waals surface area contributed by atoms with Crippen molar-refractivity contribution in [3.8, 4) is 11.4 Å². The molecule has 0 saturated heterocycles. The molecule has 5 aromatic heterocycles. The van der Waals surface area contributed by atoms with E-state index in [0.717, 1.165) is 11.4 Å². The van der Waals surface area contributed by atoms with Crippen LogP contribution >= 0.6 is 0 Å². The zero-order valence-corrected chi connectivity index (χ0v) is 24.6. The summed E-state index contributed by atoms with van der Waals surface area (Å²) in [7, 11) is 2.21. The molecule has 0 aliphatic carbocycles. The predicted molar refractivity (Wildman–Crippen MR) is 189 cm³/mol. The fraction of sp³-hybridized carbons (Fsp3) is 0.0244. The van der Waals surface area contributed by atoms with Gasteiger partial charge in [0, 0.05) is 61.6 Å². The normalized spacial score (nSPS) is 12.6. The second-order valence-corrected chi connectivity index (χ2v) is 12.2. The van der Waals surface area contributed by atoms with Crippen molar-refractivity contribution in [1.29, 1.82) is 0 Å². The van der Waals surface area contributed by atoms with Gasteiger partial charge in [-0.15, -0.1) is 0 Å². The maximum absolute atomic E-state index is 2.60. The second kappa shape index (κ2) is 8.13.